The first kappa shape index (κ1) is 14.7. The molecule has 0 spiro atoms. The van der Waals surface area contributed by atoms with E-state index < -0.39 is 0 Å². The summed E-state index contributed by atoms with van der Waals surface area (Å²) in [5, 5.41) is 0. The highest BCUT2D eigenvalue weighted by Crippen LogP contribution is 2.08. The Kier molecular flexibility index (Phi) is 6.39. The van der Waals surface area contributed by atoms with E-state index >= 15 is 0 Å². The minimum atomic E-state index is 0.0218. The molecule has 0 aliphatic heterocycles. The quantitative estimate of drug-likeness (QED) is 0.742. The van der Waals surface area contributed by atoms with Crippen LogP contribution >= 0.6 is 0 Å². The smallest absolute Gasteiger partial charge is 0.253 e. The summed E-state index contributed by atoms with van der Waals surface area (Å²) in [6.45, 7) is 4.39. The van der Waals surface area contributed by atoms with Crippen molar-refractivity contribution < 1.29 is 9.53 Å². The number of hydrogen-bond acceptors (Lipinski definition) is 3. The topological polar surface area (TPSA) is 55.6 Å². The van der Waals surface area contributed by atoms with Crippen LogP contribution in [0, 0.1) is 0 Å². The fourth-order valence-electron chi connectivity index (χ4n) is 1.69. The summed E-state index contributed by atoms with van der Waals surface area (Å²) in [5.74, 6) is 0.0218. The van der Waals surface area contributed by atoms with E-state index in [2.05, 4.69) is 0 Å². The van der Waals surface area contributed by atoms with Crippen LogP contribution in [0.1, 0.15) is 22.8 Å². The van der Waals surface area contributed by atoms with Gasteiger partial charge < -0.3 is 15.4 Å². The van der Waals surface area contributed by atoms with Gasteiger partial charge in [-0.25, -0.2) is 0 Å². The zero-order valence-electron chi connectivity index (χ0n) is 11.2. The Bertz CT molecular complexity index is 380. The van der Waals surface area contributed by atoms with Crippen LogP contribution in [-0.4, -0.2) is 44.2 Å². The molecule has 1 aromatic carbocycles. The minimum Gasteiger partial charge on any atom is -0.380 e. The molecule has 0 aromatic heterocycles. The summed E-state index contributed by atoms with van der Waals surface area (Å²) in [7, 11) is 1.79. The van der Waals surface area contributed by atoms with Gasteiger partial charge in [-0.3, -0.25) is 4.79 Å². The van der Waals surface area contributed by atoms with Gasteiger partial charge in [-0.2, -0.15) is 0 Å². The Balaban J connectivity index is 2.62. The molecule has 0 heterocycles. The van der Waals surface area contributed by atoms with Crippen molar-refractivity contribution in [2.24, 2.45) is 5.73 Å². The molecular weight excluding hydrogens is 228 g/mol. The van der Waals surface area contributed by atoms with Crippen molar-refractivity contribution in [2.45, 2.75) is 13.3 Å². The number of likely N-dealkylation sites (N-methyl/N-ethyl adjacent to an activating group) is 1. The minimum absolute atomic E-state index is 0.0218. The summed E-state index contributed by atoms with van der Waals surface area (Å²) in [5.41, 5.74) is 7.32. The third-order valence-electron chi connectivity index (χ3n) is 2.73. The van der Waals surface area contributed by atoms with Crippen molar-refractivity contribution >= 4 is 5.91 Å². The van der Waals surface area contributed by atoms with Gasteiger partial charge in [0.05, 0.1) is 6.61 Å². The summed E-state index contributed by atoms with van der Waals surface area (Å²) in [6, 6.07) is 7.63. The molecule has 0 atom stereocenters. The summed E-state index contributed by atoms with van der Waals surface area (Å²) in [6.07, 6.45) is 0.795. The maximum absolute atomic E-state index is 12.1. The highest BCUT2D eigenvalue weighted by Gasteiger charge is 2.11. The number of carbonyl (C=O) groups excluding carboxylic acids is 1. The fourth-order valence-corrected chi connectivity index (χ4v) is 1.69. The highest BCUT2D eigenvalue weighted by atomic mass is 16.5. The molecular formula is C14H22N2O2. The van der Waals surface area contributed by atoms with Gasteiger partial charge >= 0.3 is 0 Å². The van der Waals surface area contributed by atoms with E-state index in [0.717, 1.165) is 12.0 Å². The van der Waals surface area contributed by atoms with Gasteiger partial charge in [0, 0.05) is 25.8 Å². The number of hydrogen-bond donors (Lipinski definition) is 1. The summed E-state index contributed by atoms with van der Waals surface area (Å²) >= 11 is 0. The summed E-state index contributed by atoms with van der Waals surface area (Å²) in [4.78, 5) is 13.8. The van der Waals surface area contributed by atoms with Crippen LogP contribution < -0.4 is 5.73 Å². The molecule has 1 aromatic rings. The number of benzene rings is 1. The number of ether oxygens (including phenoxy) is 1. The van der Waals surface area contributed by atoms with Crippen LogP contribution in [0.3, 0.4) is 0 Å². The largest absolute Gasteiger partial charge is 0.380 e. The van der Waals surface area contributed by atoms with E-state index in [1.54, 1.807) is 11.9 Å². The van der Waals surface area contributed by atoms with E-state index in [4.69, 9.17) is 10.5 Å². The molecule has 4 heteroatoms. The lowest BCUT2D eigenvalue weighted by Gasteiger charge is -2.17. The predicted octanol–water partition coefficient (Wildman–Crippen LogP) is 1.30. The van der Waals surface area contributed by atoms with Gasteiger partial charge in [0.1, 0.15) is 0 Å². The van der Waals surface area contributed by atoms with Gasteiger partial charge in [0.15, 0.2) is 0 Å². The first-order chi connectivity index (χ1) is 8.69. The van der Waals surface area contributed by atoms with E-state index in [1.165, 1.54) is 0 Å². The van der Waals surface area contributed by atoms with Crippen LogP contribution in [0.25, 0.3) is 0 Å². The van der Waals surface area contributed by atoms with Crippen molar-refractivity contribution in [2.75, 3.05) is 33.4 Å². The van der Waals surface area contributed by atoms with Crippen LogP contribution in [-0.2, 0) is 11.2 Å². The van der Waals surface area contributed by atoms with Crippen molar-refractivity contribution in [3.63, 3.8) is 0 Å². The molecule has 4 nitrogen and oxygen atoms in total. The lowest BCUT2D eigenvalue weighted by atomic mass is 10.1. The molecule has 0 radical (unpaired) electrons. The van der Waals surface area contributed by atoms with E-state index in [0.29, 0.717) is 31.9 Å². The van der Waals surface area contributed by atoms with Gasteiger partial charge in [0.2, 0.25) is 0 Å². The molecule has 0 saturated carbocycles. The van der Waals surface area contributed by atoms with Gasteiger partial charge in [-0.05, 0) is 37.6 Å². The molecule has 18 heavy (non-hydrogen) atoms. The van der Waals surface area contributed by atoms with Crippen LogP contribution in [0.2, 0.25) is 0 Å². The van der Waals surface area contributed by atoms with Crippen molar-refractivity contribution in [3.05, 3.63) is 35.4 Å². The second kappa shape index (κ2) is 7.84. The Morgan fingerprint density at radius 3 is 2.89 bits per heavy atom. The van der Waals surface area contributed by atoms with E-state index in [9.17, 15) is 4.79 Å². The predicted molar refractivity (Wildman–Crippen MR) is 72.7 cm³/mol. The Morgan fingerprint density at radius 2 is 2.22 bits per heavy atom. The van der Waals surface area contributed by atoms with Gasteiger partial charge in [0.25, 0.3) is 5.91 Å². The van der Waals surface area contributed by atoms with Crippen LogP contribution in [0.15, 0.2) is 24.3 Å². The average Bonchev–Trinajstić information content (AvgIpc) is 2.39. The summed E-state index contributed by atoms with van der Waals surface area (Å²) < 4.78 is 5.24. The van der Waals surface area contributed by atoms with Crippen LogP contribution in [0.5, 0.6) is 0 Å². The van der Waals surface area contributed by atoms with Crippen LogP contribution in [0.4, 0.5) is 0 Å². The Labute approximate surface area is 109 Å². The number of carbonyl (C=O) groups is 1. The lowest BCUT2D eigenvalue weighted by molar-refractivity contribution is 0.0710. The van der Waals surface area contributed by atoms with E-state index in [1.807, 2.05) is 31.2 Å². The molecule has 0 saturated heterocycles. The third kappa shape index (κ3) is 4.47. The van der Waals surface area contributed by atoms with Gasteiger partial charge in [-0.15, -0.1) is 0 Å². The SMILES string of the molecule is CCOCCN(C)C(=O)c1cccc(CCN)c1. The average molecular weight is 250 g/mol. The van der Waals surface area contributed by atoms with E-state index in [-0.39, 0.29) is 5.91 Å². The number of amides is 1. The van der Waals surface area contributed by atoms with Crippen molar-refractivity contribution in [1.29, 1.82) is 0 Å². The molecule has 0 fully saturated rings. The number of nitrogens with zero attached hydrogens (tertiary/aromatic N) is 1. The number of rotatable bonds is 7. The molecule has 0 aliphatic carbocycles. The maximum Gasteiger partial charge on any atom is 0.253 e. The first-order valence-corrected chi connectivity index (χ1v) is 6.31. The zero-order valence-corrected chi connectivity index (χ0v) is 11.2. The monoisotopic (exact) mass is 250 g/mol. The molecule has 0 unspecified atom stereocenters. The Hall–Kier alpha value is -1.39. The normalized spacial score (nSPS) is 10.4. The first-order valence-electron chi connectivity index (χ1n) is 6.31. The molecule has 0 aliphatic rings. The third-order valence-corrected chi connectivity index (χ3v) is 2.73. The molecule has 1 amide bonds. The van der Waals surface area contributed by atoms with Crippen molar-refractivity contribution in [3.8, 4) is 0 Å². The fraction of sp³-hybridized carbons (Fsp3) is 0.500. The Morgan fingerprint density at radius 1 is 1.44 bits per heavy atom. The van der Waals surface area contributed by atoms with Crippen molar-refractivity contribution in [1.82, 2.24) is 4.90 Å². The zero-order chi connectivity index (χ0) is 13.4. The van der Waals surface area contributed by atoms with Gasteiger partial charge in [-0.1, -0.05) is 12.1 Å². The standard InChI is InChI=1S/C14H22N2O2/c1-3-18-10-9-16(2)14(17)13-6-4-5-12(11-13)7-8-15/h4-6,11H,3,7-10,15H2,1-2H3. The second-order valence-electron chi connectivity index (χ2n) is 4.16. The molecule has 0 bridgehead atoms. The number of nitrogens with two attached hydrogens (primary N) is 1. The molecule has 2 N–H and O–H groups in total. The second-order valence-corrected chi connectivity index (χ2v) is 4.16. The highest BCUT2D eigenvalue weighted by molar-refractivity contribution is 5.94. The molecule has 100 valence electrons. The maximum atomic E-state index is 12.1. The lowest BCUT2D eigenvalue weighted by Crippen LogP contribution is -2.30. The molecule has 1 rings (SSSR count).